The zero-order chi connectivity index (χ0) is 30.1. The first kappa shape index (κ1) is 33.1. The fourth-order valence-corrected chi connectivity index (χ4v) is 7.23. The van der Waals surface area contributed by atoms with Crippen LogP contribution in [0.1, 0.15) is 30.9 Å². The van der Waals surface area contributed by atoms with Crippen molar-refractivity contribution < 1.29 is 17.9 Å². The summed E-state index contributed by atoms with van der Waals surface area (Å²) in [7, 11) is -3.78. The van der Waals surface area contributed by atoms with Crippen molar-refractivity contribution in [2.45, 2.75) is 49.8 Å². The Morgan fingerprint density at radius 2 is 1.23 bits per heavy atom. The van der Waals surface area contributed by atoms with Gasteiger partial charge >= 0.3 is 6.09 Å². The van der Waals surface area contributed by atoms with Crippen molar-refractivity contribution in [2.75, 3.05) is 24.0 Å². The average Bonchev–Trinajstić information content (AvgIpc) is 3.05. The van der Waals surface area contributed by atoms with Gasteiger partial charge in [0.1, 0.15) is 6.61 Å². The highest BCUT2D eigenvalue weighted by Gasteiger charge is 2.35. The lowest BCUT2D eigenvalue weighted by molar-refractivity contribution is 0.0592. The maximum Gasteiger partial charge on any atom is 0.409 e. The number of hydrogen-bond donors (Lipinski definition) is 0. The van der Waals surface area contributed by atoms with E-state index in [9.17, 15) is 13.2 Å². The van der Waals surface area contributed by atoms with Gasteiger partial charge in [0.05, 0.1) is 10.6 Å². The van der Waals surface area contributed by atoms with Crippen LogP contribution in [0, 0.1) is 0 Å². The predicted molar refractivity (Wildman–Crippen MR) is 180 cm³/mol. The fraction of sp³-hybridized carbons (Fsp3) is 0.286. The minimum absolute atomic E-state index is 0. The Morgan fingerprint density at radius 1 is 0.773 bits per heavy atom. The van der Waals surface area contributed by atoms with Gasteiger partial charge in [0.15, 0.2) is 0 Å². The second-order valence-corrected chi connectivity index (χ2v) is 12.8. The molecule has 0 spiro atoms. The van der Waals surface area contributed by atoms with E-state index in [1.807, 2.05) is 66.7 Å². The Labute approximate surface area is 268 Å². The highest BCUT2D eigenvalue weighted by Crippen LogP contribution is 2.30. The van der Waals surface area contributed by atoms with Gasteiger partial charge in [0.25, 0.3) is 10.0 Å². The number of carbonyl (C=O) groups is 1. The molecular weight excluding hydrogens is 591 g/mol. The molecule has 44 heavy (non-hydrogen) atoms. The maximum absolute atomic E-state index is 13.8. The second-order valence-electron chi connectivity index (χ2n) is 11.0. The Kier molecular flexibility index (Phi) is 11.9. The molecule has 1 fully saturated rings. The van der Waals surface area contributed by atoms with E-state index in [1.54, 1.807) is 35.2 Å². The average molecular weight is 632 g/mol. The highest BCUT2D eigenvalue weighted by atomic mass is 32.2. The lowest BCUT2D eigenvalue weighted by atomic mass is 10.0. The third kappa shape index (κ3) is 8.43. The van der Waals surface area contributed by atoms with Crippen LogP contribution in [0.15, 0.2) is 126 Å². The Hall–Kier alpha value is -3.79. The number of rotatable bonds is 11. The van der Waals surface area contributed by atoms with Crippen LogP contribution < -0.4 is 4.31 Å². The number of sulfonamides is 1. The van der Waals surface area contributed by atoms with Gasteiger partial charge < -0.3 is 9.64 Å². The van der Waals surface area contributed by atoms with Gasteiger partial charge in [-0.1, -0.05) is 97.1 Å². The molecule has 0 aliphatic carbocycles. The zero-order valence-corrected chi connectivity index (χ0v) is 26.9. The number of carbonyl (C=O) groups excluding carboxylic acids is 1. The number of piperidine rings is 1. The molecule has 0 bridgehead atoms. The number of likely N-dealkylation sites (tertiary alicyclic amines) is 1. The van der Waals surface area contributed by atoms with E-state index in [0.29, 0.717) is 31.6 Å². The number of amides is 1. The second kappa shape index (κ2) is 15.8. The van der Waals surface area contributed by atoms with E-state index in [2.05, 4.69) is 36.1 Å². The fourth-order valence-electron chi connectivity index (χ4n) is 5.50. The van der Waals surface area contributed by atoms with Crippen LogP contribution in [-0.2, 0) is 27.8 Å². The molecule has 1 aliphatic heterocycles. The van der Waals surface area contributed by atoms with Gasteiger partial charge in [-0.15, -0.1) is 0 Å². The lowest BCUT2D eigenvalue weighted by Gasteiger charge is -2.38. The molecule has 232 valence electrons. The van der Waals surface area contributed by atoms with E-state index in [0.717, 1.165) is 13.1 Å². The molecule has 4 aromatic carbocycles. The topological polar surface area (TPSA) is 70.2 Å². The molecule has 0 N–H and O–H groups in total. The Balaban J connectivity index is 0.00000442. The monoisotopic (exact) mass is 631 g/mol. The summed E-state index contributed by atoms with van der Waals surface area (Å²) >= 11 is 0. The van der Waals surface area contributed by atoms with E-state index < -0.39 is 10.0 Å². The molecule has 1 heterocycles. The van der Waals surface area contributed by atoms with E-state index in [4.69, 9.17) is 4.74 Å². The number of anilines is 1. The third-order valence-corrected chi connectivity index (χ3v) is 9.79. The van der Waals surface area contributed by atoms with Crippen molar-refractivity contribution in [3.05, 3.63) is 132 Å². The summed E-state index contributed by atoms with van der Waals surface area (Å²) in [4.78, 5) is 17.4. The van der Waals surface area contributed by atoms with Gasteiger partial charge in [-0.25, -0.2) is 13.2 Å². The van der Waals surface area contributed by atoms with Gasteiger partial charge in [0.2, 0.25) is 0 Å². The van der Waals surface area contributed by atoms with Gasteiger partial charge in [0, 0.05) is 38.3 Å². The summed E-state index contributed by atoms with van der Waals surface area (Å²) in [6, 6.07) is 38.0. The number of ether oxygens (including phenoxy) is 1. The SMILES string of the molecule is C[C@@H](COC(=O)N1CCC(N(c2ccccc2)S(=O)(=O)c2ccccc2)CC1)N(Cc1ccccc1)Cc1ccccc1.S. The highest BCUT2D eigenvalue weighted by molar-refractivity contribution is 7.92. The Morgan fingerprint density at radius 3 is 1.73 bits per heavy atom. The first-order chi connectivity index (χ1) is 20.9. The van der Waals surface area contributed by atoms with Crippen LogP contribution in [0.3, 0.4) is 0 Å². The number of para-hydroxylation sites is 1. The predicted octanol–water partition coefficient (Wildman–Crippen LogP) is 6.69. The molecule has 1 atom stereocenters. The largest absolute Gasteiger partial charge is 0.448 e. The summed E-state index contributed by atoms with van der Waals surface area (Å²) in [5.74, 6) is 0. The molecule has 1 amide bonds. The summed E-state index contributed by atoms with van der Waals surface area (Å²) in [5.41, 5.74) is 3.03. The zero-order valence-electron chi connectivity index (χ0n) is 25.0. The van der Waals surface area contributed by atoms with Crippen molar-refractivity contribution in [3.8, 4) is 0 Å². The van der Waals surface area contributed by atoms with Crippen LogP contribution in [0.25, 0.3) is 0 Å². The van der Waals surface area contributed by atoms with E-state index in [-0.39, 0.29) is 43.2 Å². The Bertz CT molecular complexity index is 1490. The minimum atomic E-state index is -3.78. The molecule has 4 aromatic rings. The first-order valence-electron chi connectivity index (χ1n) is 14.8. The molecule has 0 radical (unpaired) electrons. The number of benzene rings is 4. The molecule has 7 nitrogen and oxygen atoms in total. The molecule has 0 aromatic heterocycles. The van der Waals surface area contributed by atoms with E-state index in [1.165, 1.54) is 15.4 Å². The van der Waals surface area contributed by atoms with Crippen LogP contribution in [0.2, 0.25) is 0 Å². The van der Waals surface area contributed by atoms with Crippen LogP contribution in [0.4, 0.5) is 10.5 Å². The molecule has 0 saturated carbocycles. The van der Waals surface area contributed by atoms with Crippen LogP contribution in [0.5, 0.6) is 0 Å². The smallest absolute Gasteiger partial charge is 0.409 e. The van der Waals surface area contributed by atoms with Gasteiger partial charge in [-0.2, -0.15) is 13.5 Å². The standard InChI is InChI=1S/C35H39N3O4S.H2S/c1-29(37(26-30-14-6-2-7-15-30)27-31-16-8-3-9-17-31)28-42-35(39)36-24-22-33(23-25-36)38(32-18-10-4-11-19-32)43(40,41)34-20-12-5-13-21-34;/h2-21,29,33H,22-28H2,1H3;1H2/t29-;/m0./s1. The van der Waals surface area contributed by atoms with Crippen molar-refractivity contribution in [1.82, 2.24) is 9.80 Å². The quantitative estimate of drug-likeness (QED) is 0.185. The maximum atomic E-state index is 13.8. The summed E-state index contributed by atoms with van der Waals surface area (Å²) < 4.78 is 34.9. The van der Waals surface area contributed by atoms with Crippen LogP contribution in [-0.4, -0.2) is 56.1 Å². The molecule has 1 saturated heterocycles. The van der Waals surface area contributed by atoms with Crippen molar-refractivity contribution in [1.29, 1.82) is 0 Å². The van der Waals surface area contributed by atoms with Crippen molar-refractivity contribution >= 4 is 35.3 Å². The van der Waals surface area contributed by atoms with Gasteiger partial charge in [-0.3, -0.25) is 9.21 Å². The summed E-state index contributed by atoms with van der Waals surface area (Å²) in [5, 5.41) is 0. The minimum Gasteiger partial charge on any atom is -0.448 e. The lowest BCUT2D eigenvalue weighted by Crippen LogP contribution is -2.49. The molecule has 0 unspecified atom stereocenters. The van der Waals surface area contributed by atoms with E-state index >= 15 is 0 Å². The molecular formula is C35H41N3O4S2. The van der Waals surface area contributed by atoms with Crippen molar-refractivity contribution in [3.63, 3.8) is 0 Å². The molecule has 9 heteroatoms. The third-order valence-electron chi connectivity index (χ3n) is 7.89. The number of hydrogen-bond acceptors (Lipinski definition) is 5. The van der Waals surface area contributed by atoms with Gasteiger partial charge in [-0.05, 0) is 55.2 Å². The first-order valence-corrected chi connectivity index (χ1v) is 16.2. The number of nitrogens with zero attached hydrogens (tertiary/aromatic N) is 3. The van der Waals surface area contributed by atoms with Crippen molar-refractivity contribution in [2.24, 2.45) is 0 Å². The normalized spacial score (nSPS) is 14.5. The molecule has 5 rings (SSSR count). The summed E-state index contributed by atoms with van der Waals surface area (Å²) in [6.07, 6.45) is 0.668. The summed E-state index contributed by atoms with van der Waals surface area (Å²) in [6.45, 7) is 4.66. The van der Waals surface area contributed by atoms with Crippen LogP contribution >= 0.6 is 13.5 Å². The molecule has 1 aliphatic rings.